The van der Waals surface area contributed by atoms with Crippen molar-refractivity contribution in [2.24, 2.45) is 5.92 Å². The minimum Gasteiger partial charge on any atom is -0.308 e. The van der Waals surface area contributed by atoms with Crippen LogP contribution >= 0.6 is 0 Å². The van der Waals surface area contributed by atoms with Crippen molar-refractivity contribution in [3.05, 3.63) is 0 Å². The molecular weight excluding hydrogens is 215 g/mol. The van der Waals surface area contributed by atoms with Gasteiger partial charge in [-0.05, 0) is 45.4 Å². The van der Waals surface area contributed by atoms with E-state index in [1.54, 1.807) is 0 Å². The molecule has 0 aromatic heterocycles. The Morgan fingerprint density at radius 3 is 2.59 bits per heavy atom. The summed E-state index contributed by atoms with van der Waals surface area (Å²) in [6.07, 6.45) is 4.54. The summed E-state index contributed by atoms with van der Waals surface area (Å²) in [5.41, 5.74) is 0.481. The maximum absolute atomic E-state index is 12.4. The van der Waals surface area contributed by atoms with Gasteiger partial charge in [-0.15, -0.1) is 0 Å². The van der Waals surface area contributed by atoms with Crippen LogP contribution in [-0.2, 0) is 0 Å². The molecule has 17 heavy (non-hydrogen) atoms. The van der Waals surface area contributed by atoms with Crippen LogP contribution in [0.4, 0.5) is 4.39 Å². The number of nitrogens with zero attached hydrogens (tertiary/aromatic N) is 1. The molecule has 2 nitrogen and oxygen atoms in total. The fraction of sp³-hybridized carbons (Fsp3) is 1.00. The molecule has 1 N–H and O–H groups in total. The van der Waals surface area contributed by atoms with Gasteiger partial charge >= 0.3 is 0 Å². The summed E-state index contributed by atoms with van der Waals surface area (Å²) in [5, 5.41) is 3.77. The molecule has 0 aromatic rings. The summed E-state index contributed by atoms with van der Waals surface area (Å²) in [7, 11) is 0. The van der Waals surface area contributed by atoms with Crippen molar-refractivity contribution >= 4 is 0 Å². The average Bonchev–Trinajstić information content (AvgIpc) is 3.15. The van der Waals surface area contributed by atoms with Gasteiger partial charge in [0.15, 0.2) is 0 Å². The van der Waals surface area contributed by atoms with Crippen LogP contribution in [0.2, 0.25) is 0 Å². The molecule has 100 valence electrons. The average molecular weight is 242 g/mol. The number of alkyl halides is 1. The minimum atomic E-state index is -0.191. The molecule has 0 aromatic carbocycles. The summed E-state index contributed by atoms with van der Waals surface area (Å²) in [6.45, 7) is 9.75. The molecule has 2 aliphatic rings. The predicted octanol–water partition coefficient (Wildman–Crippen LogP) is 2.59. The SMILES string of the molecule is CCC1(C)CNC(C)(C2CC2)CN1CCCF. The van der Waals surface area contributed by atoms with Crippen LogP contribution in [0.15, 0.2) is 0 Å². The van der Waals surface area contributed by atoms with Crippen LogP contribution in [0.1, 0.15) is 46.5 Å². The van der Waals surface area contributed by atoms with Gasteiger partial charge in [0.25, 0.3) is 0 Å². The number of halogens is 1. The molecule has 1 aliphatic heterocycles. The third kappa shape index (κ3) is 2.65. The van der Waals surface area contributed by atoms with Gasteiger partial charge in [-0.2, -0.15) is 0 Å². The van der Waals surface area contributed by atoms with E-state index in [9.17, 15) is 4.39 Å². The first kappa shape index (κ1) is 13.3. The molecule has 1 saturated carbocycles. The van der Waals surface area contributed by atoms with E-state index in [-0.39, 0.29) is 17.8 Å². The number of hydrogen-bond acceptors (Lipinski definition) is 2. The molecule has 2 rings (SSSR count). The Morgan fingerprint density at radius 2 is 2.06 bits per heavy atom. The van der Waals surface area contributed by atoms with Crippen LogP contribution in [0.25, 0.3) is 0 Å². The summed E-state index contributed by atoms with van der Waals surface area (Å²) in [4.78, 5) is 2.53. The zero-order valence-corrected chi connectivity index (χ0v) is 11.6. The zero-order valence-electron chi connectivity index (χ0n) is 11.6. The lowest BCUT2D eigenvalue weighted by molar-refractivity contribution is 0.00889. The summed E-state index contributed by atoms with van der Waals surface area (Å²) in [5.74, 6) is 0.844. The third-order valence-electron chi connectivity index (χ3n) is 4.96. The predicted molar refractivity (Wildman–Crippen MR) is 70.0 cm³/mol. The highest BCUT2D eigenvalue weighted by Crippen LogP contribution is 2.42. The largest absolute Gasteiger partial charge is 0.308 e. The first-order valence-corrected chi connectivity index (χ1v) is 7.10. The summed E-state index contributed by atoms with van der Waals surface area (Å²) < 4.78 is 12.4. The molecule has 2 atom stereocenters. The van der Waals surface area contributed by atoms with E-state index in [2.05, 4.69) is 31.0 Å². The van der Waals surface area contributed by atoms with E-state index in [0.717, 1.165) is 32.0 Å². The molecule has 1 heterocycles. The van der Waals surface area contributed by atoms with E-state index in [0.29, 0.717) is 6.42 Å². The fourth-order valence-corrected chi connectivity index (χ4v) is 3.09. The van der Waals surface area contributed by atoms with Crippen LogP contribution in [0.3, 0.4) is 0 Å². The second-order valence-corrected chi connectivity index (χ2v) is 6.36. The molecule has 2 fully saturated rings. The first-order chi connectivity index (χ1) is 8.04. The second kappa shape index (κ2) is 4.85. The van der Waals surface area contributed by atoms with Crippen LogP contribution in [-0.4, -0.2) is 42.3 Å². The van der Waals surface area contributed by atoms with Gasteiger partial charge in [0, 0.05) is 30.7 Å². The van der Waals surface area contributed by atoms with Gasteiger partial charge in [-0.3, -0.25) is 9.29 Å². The molecule has 3 heteroatoms. The quantitative estimate of drug-likeness (QED) is 0.797. The van der Waals surface area contributed by atoms with Gasteiger partial charge in [-0.1, -0.05) is 6.92 Å². The Balaban J connectivity index is 2.04. The van der Waals surface area contributed by atoms with Gasteiger partial charge in [0.1, 0.15) is 0 Å². The molecule has 1 saturated heterocycles. The Bertz CT molecular complexity index is 267. The molecule has 0 spiro atoms. The van der Waals surface area contributed by atoms with Crippen molar-refractivity contribution in [2.45, 2.75) is 57.5 Å². The number of nitrogens with one attached hydrogen (secondary N) is 1. The third-order valence-corrected chi connectivity index (χ3v) is 4.96. The second-order valence-electron chi connectivity index (χ2n) is 6.36. The Kier molecular flexibility index (Phi) is 3.79. The minimum absolute atomic E-state index is 0.191. The maximum Gasteiger partial charge on any atom is 0.0906 e. The lowest BCUT2D eigenvalue weighted by Crippen LogP contribution is -2.68. The topological polar surface area (TPSA) is 15.3 Å². The summed E-state index contributed by atoms with van der Waals surface area (Å²) in [6, 6.07) is 0. The lowest BCUT2D eigenvalue weighted by atomic mass is 9.84. The van der Waals surface area contributed by atoms with E-state index in [1.807, 2.05) is 0 Å². The number of hydrogen-bond donors (Lipinski definition) is 1. The summed E-state index contributed by atoms with van der Waals surface area (Å²) >= 11 is 0. The van der Waals surface area contributed by atoms with Gasteiger partial charge in [-0.25, -0.2) is 0 Å². The van der Waals surface area contributed by atoms with E-state index < -0.39 is 0 Å². The van der Waals surface area contributed by atoms with Crippen LogP contribution in [0.5, 0.6) is 0 Å². The molecule has 0 radical (unpaired) electrons. The van der Waals surface area contributed by atoms with Gasteiger partial charge in [0.2, 0.25) is 0 Å². The smallest absolute Gasteiger partial charge is 0.0906 e. The normalized spacial score (nSPS) is 39.5. The Morgan fingerprint density at radius 1 is 1.35 bits per heavy atom. The first-order valence-electron chi connectivity index (χ1n) is 7.10. The molecule has 0 bridgehead atoms. The van der Waals surface area contributed by atoms with Crippen molar-refractivity contribution in [1.82, 2.24) is 10.2 Å². The Labute approximate surface area is 105 Å². The van der Waals surface area contributed by atoms with Gasteiger partial charge in [0.05, 0.1) is 6.67 Å². The van der Waals surface area contributed by atoms with Crippen LogP contribution < -0.4 is 5.32 Å². The zero-order chi connectivity index (χ0) is 12.5. The van der Waals surface area contributed by atoms with Crippen molar-refractivity contribution in [3.63, 3.8) is 0 Å². The maximum atomic E-state index is 12.4. The van der Waals surface area contributed by atoms with Crippen molar-refractivity contribution in [1.29, 1.82) is 0 Å². The van der Waals surface area contributed by atoms with E-state index in [4.69, 9.17) is 0 Å². The molecular formula is C14H27FN2. The number of piperazine rings is 1. The van der Waals surface area contributed by atoms with Crippen molar-refractivity contribution in [2.75, 3.05) is 26.3 Å². The van der Waals surface area contributed by atoms with Gasteiger partial charge < -0.3 is 5.32 Å². The molecule has 1 aliphatic carbocycles. The van der Waals surface area contributed by atoms with Crippen molar-refractivity contribution < 1.29 is 4.39 Å². The van der Waals surface area contributed by atoms with Crippen LogP contribution in [0, 0.1) is 5.92 Å². The lowest BCUT2D eigenvalue weighted by Gasteiger charge is -2.52. The molecule has 0 amide bonds. The molecule has 2 unspecified atom stereocenters. The Hall–Kier alpha value is -0.150. The number of rotatable bonds is 5. The highest BCUT2D eigenvalue weighted by molar-refractivity contribution is 5.07. The monoisotopic (exact) mass is 242 g/mol. The fourth-order valence-electron chi connectivity index (χ4n) is 3.09. The standard InChI is InChI=1S/C14H27FN2/c1-4-13(2)10-16-14(3,12-6-7-12)11-17(13)9-5-8-15/h12,16H,4-11H2,1-3H3. The van der Waals surface area contributed by atoms with E-state index in [1.165, 1.54) is 12.8 Å². The highest BCUT2D eigenvalue weighted by atomic mass is 19.1. The van der Waals surface area contributed by atoms with E-state index >= 15 is 0 Å². The van der Waals surface area contributed by atoms with Crippen molar-refractivity contribution in [3.8, 4) is 0 Å². The highest BCUT2D eigenvalue weighted by Gasteiger charge is 2.48.